The van der Waals surface area contributed by atoms with E-state index in [-0.39, 0.29) is 16.1 Å². The van der Waals surface area contributed by atoms with Gasteiger partial charge in [0.1, 0.15) is 24.4 Å². The number of aliphatic hydroxyl groups is 4. The molecule has 170 valence electrons. The largest absolute Gasteiger partial charge is 0.491 e. The van der Waals surface area contributed by atoms with E-state index in [0.29, 0.717) is 12.1 Å². The molecular formula is C21H23ClF2O7. The van der Waals surface area contributed by atoms with E-state index in [1.807, 2.05) is 0 Å². The fourth-order valence-corrected chi connectivity index (χ4v) is 3.55. The highest BCUT2D eigenvalue weighted by atomic mass is 35.5. The number of halogens is 3. The molecule has 0 unspecified atom stereocenters. The van der Waals surface area contributed by atoms with E-state index in [4.69, 9.17) is 27.9 Å². The average Bonchev–Trinajstić information content (AvgIpc) is 2.80. The molecule has 0 spiro atoms. The molecule has 0 amide bonds. The Hall–Kier alpha value is -1.85. The Bertz CT molecular complexity index is 1100. The minimum atomic E-state index is -3.15. The number of aliphatic hydroxyl groups excluding tert-OH is 4. The minimum Gasteiger partial charge on any atom is -0.491 e. The van der Waals surface area contributed by atoms with Gasteiger partial charge in [0, 0.05) is 20.4 Å². The van der Waals surface area contributed by atoms with Gasteiger partial charge in [-0.1, -0.05) is 17.7 Å². The fourth-order valence-electron chi connectivity index (χ4n) is 3.39. The molecule has 1 heterocycles. The second kappa shape index (κ2) is 9.33. The van der Waals surface area contributed by atoms with E-state index in [0.717, 1.165) is 13.2 Å². The van der Waals surface area contributed by atoms with Crippen LogP contribution in [0.3, 0.4) is 0 Å². The normalized spacial score (nSPS) is 31.8. The minimum absolute atomic E-state index is 0.103. The van der Waals surface area contributed by atoms with Crippen molar-refractivity contribution in [3.63, 3.8) is 0 Å². The summed E-state index contributed by atoms with van der Waals surface area (Å²) >= 11 is 6.20. The Balaban J connectivity index is 2.12. The summed E-state index contributed by atoms with van der Waals surface area (Å²) in [6, 6.07) is 4.61. The molecule has 4 N–H and O–H groups in total. The second-order valence-electron chi connectivity index (χ2n) is 6.83. The van der Waals surface area contributed by atoms with Crippen LogP contribution in [0.1, 0.15) is 23.5 Å². The van der Waals surface area contributed by atoms with E-state index >= 15 is 0 Å². The van der Waals surface area contributed by atoms with Gasteiger partial charge in [-0.3, -0.25) is 0 Å². The standard InChI is InChI=1S/C21H23ClF2O7/c1-29-19-14(23)6-10(7-15(19)24)5-11-8-12(3-4-13(11)22)21(30-2)20(28)18(27)17(26)16(9-25)31-21/h3-4,6-8,16-18,20,25-28H,5,9H2,1-2H3/t16-,17-,18+,20-,21+/m1/s1/i1D3,5D2. The van der Waals surface area contributed by atoms with Crippen LogP contribution in [-0.2, 0) is 21.6 Å². The number of hydrogen-bond acceptors (Lipinski definition) is 7. The summed E-state index contributed by atoms with van der Waals surface area (Å²) in [7, 11) is -2.06. The van der Waals surface area contributed by atoms with Crippen molar-refractivity contribution in [3.05, 3.63) is 63.7 Å². The fraction of sp³-hybridized carbons (Fsp3) is 0.429. The van der Waals surface area contributed by atoms with Gasteiger partial charge < -0.3 is 34.6 Å². The molecule has 0 aromatic heterocycles. The Morgan fingerprint density at radius 1 is 1.19 bits per heavy atom. The molecule has 1 aliphatic rings. The molecular weight excluding hydrogens is 438 g/mol. The van der Waals surface area contributed by atoms with E-state index < -0.39 is 73.2 Å². The van der Waals surface area contributed by atoms with Gasteiger partial charge in [0.05, 0.1) is 17.8 Å². The van der Waals surface area contributed by atoms with E-state index in [9.17, 15) is 29.2 Å². The third-order valence-electron chi connectivity index (χ3n) is 5.00. The van der Waals surface area contributed by atoms with E-state index in [1.54, 1.807) is 0 Å². The Kier molecular flexibility index (Phi) is 5.32. The van der Waals surface area contributed by atoms with Crippen LogP contribution >= 0.6 is 11.6 Å². The van der Waals surface area contributed by atoms with Crippen LogP contribution < -0.4 is 4.74 Å². The molecule has 5 atom stereocenters. The lowest BCUT2D eigenvalue weighted by Gasteiger charge is -2.47. The van der Waals surface area contributed by atoms with Gasteiger partial charge in [-0.25, -0.2) is 8.78 Å². The Labute approximate surface area is 189 Å². The van der Waals surface area contributed by atoms with Gasteiger partial charge in [-0.15, -0.1) is 0 Å². The van der Waals surface area contributed by atoms with Gasteiger partial charge >= 0.3 is 0 Å². The molecule has 0 radical (unpaired) electrons. The first-order valence-electron chi connectivity index (χ1n) is 11.5. The number of benzene rings is 2. The highest BCUT2D eigenvalue weighted by Gasteiger charge is 2.55. The third-order valence-corrected chi connectivity index (χ3v) is 5.33. The lowest BCUT2D eigenvalue weighted by molar-refractivity contribution is -0.366. The van der Waals surface area contributed by atoms with Gasteiger partial charge in [0.25, 0.3) is 0 Å². The van der Waals surface area contributed by atoms with Crippen molar-refractivity contribution in [1.82, 2.24) is 0 Å². The number of rotatable bonds is 6. The smallest absolute Gasteiger partial charge is 0.224 e. The summed E-state index contributed by atoms with van der Waals surface area (Å²) in [4.78, 5) is 0. The van der Waals surface area contributed by atoms with Crippen LogP contribution in [-0.4, -0.2) is 65.6 Å². The summed E-state index contributed by atoms with van der Waals surface area (Å²) in [5, 5.41) is 40.4. The van der Waals surface area contributed by atoms with Crippen LogP contribution in [0.5, 0.6) is 5.75 Å². The van der Waals surface area contributed by atoms with Crippen LogP contribution in [0.25, 0.3) is 0 Å². The van der Waals surface area contributed by atoms with Gasteiger partial charge in [-0.05, 0) is 41.8 Å². The van der Waals surface area contributed by atoms with Crippen molar-refractivity contribution < 1.29 is 50.3 Å². The molecule has 2 aromatic carbocycles. The molecule has 2 aromatic rings. The quantitative estimate of drug-likeness (QED) is 0.512. The zero-order valence-electron chi connectivity index (χ0n) is 21.1. The molecule has 0 saturated carbocycles. The lowest BCUT2D eigenvalue weighted by atomic mass is 9.87. The molecule has 1 saturated heterocycles. The van der Waals surface area contributed by atoms with Crippen LogP contribution in [0.2, 0.25) is 5.02 Å². The maximum atomic E-state index is 14.5. The van der Waals surface area contributed by atoms with Crippen LogP contribution in [0.15, 0.2) is 30.3 Å². The average molecular weight is 466 g/mol. The van der Waals surface area contributed by atoms with Gasteiger partial charge in [0.2, 0.25) is 5.79 Å². The molecule has 7 nitrogen and oxygen atoms in total. The van der Waals surface area contributed by atoms with Crippen molar-refractivity contribution >= 4 is 11.6 Å². The molecule has 0 aliphatic carbocycles. The number of hydrogen-bond donors (Lipinski definition) is 4. The molecule has 10 heteroatoms. The van der Waals surface area contributed by atoms with Crippen molar-refractivity contribution in [3.8, 4) is 5.75 Å². The summed E-state index contributed by atoms with van der Waals surface area (Å²) in [6.07, 6.45) is -9.51. The monoisotopic (exact) mass is 465 g/mol. The van der Waals surface area contributed by atoms with Gasteiger partial charge in [-0.2, -0.15) is 0 Å². The SMILES string of the molecule is [2H]C([2H])([2H])Oc1c(F)cc(C([2H])([2H])c2cc([C@]3(OC)O[C@H](CO)[C@@H](O)[C@H](O)[C@H]3O)ccc2Cl)cc1F. The highest BCUT2D eigenvalue weighted by molar-refractivity contribution is 6.31. The van der Waals surface area contributed by atoms with E-state index in [2.05, 4.69) is 4.74 Å². The maximum Gasteiger partial charge on any atom is 0.224 e. The number of methoxy groups -OCH3 is 2. The maximum absolute atomic E-state index is 14.5. The summed E-state index contributed by atoms with van der Waals surface area (Å²) in [5.41, 5.74) is -1.05. The Morgan fingerprint density at radius 2 is 1.87 bits per heavy atom. The van der Waals surface area contributed by atoms with Gasteiger partial charge in [0.15, 0.2) is 17.4 Å². The molecule has 3 rings (SSSR count). The van der Waals surface area contributed by atoms with E-state index in [1.165, 1.54) is 12.1 Å². The first-order valence-corrected chi connectivity index (χ1v) is 9.34. The summed E-state index contributed by atoms with van der Waals surface area (Å²) in [5.74, 6) is -6.36. The molecule has 1 fully saturated rings. The van der Waals surface area contributed by atoms with Crippen molar-refractivity contribution in [2.45, 2.75) is 36.6 Å². The first kappa shape index (κ1) is 17.7. The topological polar surface area (TPSA) is 109 Å². The molecule has 0 bridgehead atoms. The zero-order valence-corrected chi connectivity index (χ0v) is 16.8. The summed E-state index contributed by atoms with van der Waals surface area (Å²) < 4.78 is 82.4. The molecule has 31 heavy (non-hydrogen) atoms. The predicted molar refractivity (Wildman–Crippen MR) is 106 cm³/mol. The van der Waals surface area contributed by atoms with Crippen LogP contribution in [0.4, 0.5) is 8.78 Å². The highest BCUT2D eigenvalue weighted by Crippen LogP contribution is 2.40. The van der Waals surface area contributed by atoms with Crippen molar-refractivity contribution in [2.24, 2.45) is 0 Å². The zero-order chi connectivity index (χ0) is 27.2. The van der Waals surface area contributed by atoms with Crippen molar-refractivity contribution in [1.29, 1.82) is 0 Å². The van der Waals surface area contributed by atoms with Crippen molar-refractivity contribution in [2.75, 3.05) is 20.8 Å². The molecule has 1 aliphatic heterocycles. The Morgan fingerprint density at radius 3 is 2.45 bits per heavy atom. The third kappa shape index (κ3) is 4.27. The number of ether oxygens (including phenoxy) is 3. The summed E-state index contributed by atoms with van der Waals surface area (Å²) in [6.45, 7) is -0.763. The predicted octanol–water partition coefficient (Wildman–Crippen LogP) is 1.49. The first-order chi connectivity index (χ1) is 16.6. The second-order valence-corrected chi connectivity index (χ2v) is 7.23. The lowest BCUT2D eigenvalue weighted by Crippen LogP contribution is -2.64. The van der Waals surface area contributed by atoms with Crippen LogP contribution in [0, 0.1) is 11.6 Å².